The number of anilines is 2. The van der Waals surface area contributed by atoms with Crippen molar-refractivity contribution >= 4 is 27.3 Å². The Morgan fingerprint density at radius 2 is 1.86 bits per heavy atom. The molecule has 0 bridgehead atoms. The first-order valence-corrected chi connectivity index (χ1v) is 10.5. The van der Waals surface area contributed by atoms with Gasteiger partial charge >= 0.3 is 0 Å². The average molecular weight is 409 g/mol. The Morgan fingerprint density at radius 3 is 2.62 bits per heavy atom. The highest BCUT2D eigenvalue weighted by atomic mass is 32.2. The molecule has 2 aromatic carbocycles. The van der Waals surface area contributed by atoms with Crippen LogP contribution in [0.15, 0.2) is 71.9 Å². The molecule has 4 rings (SSSR count). The quantitative estimate of drug-likeness (QED) is 0.700. The standard InChI is InChI=1S/C21H19N3O4S/c1-28-18-6-8-19(9-7-18)29(26,27)23-17-12-16(13-22-14-17)21(25)24-11-10-15-4-2-3-5-20(15)24/h2-9,12-14,23H,10-11H2,1H3. The van der Waals surface area contributed by atoms with Gasteiger partial charge in [-0.1, -0.05) is 18.2 Å². The number of benzene rings is 2. The lowest BCUT2D eigenvalue weighted by Gasteiger charge is -2.17. The van der Waals surface area contributed by atoms with E-state index in [1.807, 2.05) is 24.3 Å². The van der Waals surface area contributed by atoms with E-state index in [4.69, 9.17) is 4.74 Å². The zero-order valence-corrected chi connectivity index (χ0v) is 16.5. The maximum Gasteiger partial charge on any atom is 0.261 e. The molecule has 148 valence electrons. The van der Waals surface area contributed by atoms with Crippen molar-refractivity contribution < 1.29 is 17.9 Å². The molecule has 0 aliphatic carbocycles. The number of fused-ring (bicyclic) bond motifs is 1. The number of methoxy groups -OCH3 is 1. The van der Waals surface area contributed by atoms with Gasteiger partial charge < -0.3 is 9.64 Å². The van der Waals surface area contributed by atoms with Gasteiger partial charge in [0.25, 0.3) is 15.9 Å². The minimum Gasteiger partial charge on any atom is -0.497 e. The first kappa shape index (κ1) is 18.9. The van der Waals surface area contributed by atoms with Crippen LogP contribution in [-0.2, 0) is 16.4 Å². The third-order valence-electron chi connectivity index (χ3n) is 4.74. The van der Waals surface area contributed by atoms with Crippen LogP contribution in [0.3, 0.4) is 0 Å². The average Bonchev–Trinajstić information content (AvgIpc) is 3.17. The van der Waals surface area contributed by atoms with E-state index >= 15 is 0 Å². The molecule has 1 N–H and O–H groups in total. The summed E-state index contributed by atoms with van der Waals surface area (Å²) in [6.07, 6.45) is 3.60. The van der Waals surface area contributed by atoms with Crippen molar-refractivity contribution in [2.45, 2.75) is 11.3 Å². The Kier molecular flexibility index (Phi) is 4.94. The molecule has 1 aliphatic heterocycles. The fourth-order valence-corrected chi connectivity index (χ4v) is 4.32. The van der Waals surface area contributed by atoms with Gasteiger partial charge in [0.1, 0.15) is 5.75 Å². The molecule has 0 radical (unpaired) electrons. The highest BCUT2D eigenvalue weighted by Crippen LogP contribution is 2.29. The van der Waals surface area contributed by atoms with Crippen LogP contribution in [0.4, 0.5) is 11.4 Å². The van der Waals surface area contributed by atoms with Crippen molar-refractivity contribution in [3.63, 3.8) is 0 Å². The SMILES string of the molecule is COc1ccc(S(=O)(=O)Nc2cncc(C(=O)N3CCc4ccccc43)c2)cc1. The van der Waals surface area contributed by atoms with Crippen LogP contribution in [-0.4, -0.2) is 33.0 Å². The lowest BCUT2D eigenvalue weighted by atomic mass is 10.2. The number of carbonyl (C=O) groups is 1. The lowest BCUT2D eigenvalue weighted by Crippen LogP contribution is -2.29. The van der Waals surface area contributed by atoms with Crippen LogP contribution in [0, 0.1) is 0 Å². The second-order valence-corrected chi connectivity index (χ2v) is 8.26. The summed E-state index contributed by atoms with van der Waals surface area (Å²) in [6.45, 7) is 0.583. The summed E-state index contributed by atoms with van der Waals surface area (Å²) < 4.78 is 32.8. The number of nitrogens with one attached hydrogen (secondary N) is 1. The normalized spacial score (nSPS) is 13.1. The zero-order valence-electron chi connectivity index (χ0n) is 15.7. The number of para-hydroxylation sites is 1. The Hall–Kier alpha value is -3.39. The van der Waals surface area contributed by atoms with E-state index in [1.54, 1.807) is 17.0 Å². The van der Waals surface area contributed by atoms with Crippen LogP contribution in [0.5, 0.6) is 5.75 Å². The van der Waals surface area contributed by atoms with Gasteiger partial charge in [-0.05, 0) is 48.4 Å². The van der Waals surface area contributed by atoms with Gasteiger partial charge in [0, 0.05) is 18.4 Å². The van der Waals surface area contributed by atoms with Crippen LogP contribution < -0.4 is 14.4 Å². The van der Waals surface area contributed by atoms with E-state index in [9.17, 15) is 13.2 Å². The molecule has 0 unspecified atom stereocenters. The fourth-order valence-electron chi connectivity index (χ4n) is 3.29. The monoisotopic (exact) mass is 409 g/mol. The minimum absolute atomic E-state index is 0.0866. The first-order chi connectivity index (χ1) is 14.0. The van der Waals surface area contributed by atoms with E-state index in [1.165, 1.54) is 37.7 Å². The van der Waals surface area contributed by atoms with Crippen LogP contribution in [0.1, 0.15) is 15.9 Å². The molecule has 0 fully saturated rings. The Labute approximate surface area is 169 Å². The molecule has 7 nitrogen and oxygen atoms in total. The number of carbonyl (C=O) groups excluding carboxylic acids is 1. The Balaban J connectivity index is 1.56. The van der Waals surface area contributed by atoms with Gasteiger partial charge in [-0.15, -0.1) is 0 Å². The maximum absolute atomic E-state index is 13.0. The summed E-state index contributed by atoms with van der Waals surface area (Å²) >= 11 is 0. The largest absolute Gasteiger partial charge is 0.497 e. The number of sulfonamides is 1. The molecule has 1 aliphatic rings. The van der Waals surface area contributed by atoms with Crippen molar-refractivity contribution in [3.8, 4) is 5.75 Å². The van der Waals surface area contributed by atoms with Gasteiger partial charge in [0.15, 0.2) is 0 Å². The van der Waals surface area contributed by atoms with Crippen molar-refractivity contribution in [1.82, 2.24) is 4.98 Å². The molecule has 2 heterocycles. The number of hydrogen-bond acceptors (Lipinski definition) is 5. The molecule has 1 amide bonds. The molecule has 0 spiro atoms. The Morgan fingerprint density at radius 1 is 1.10 bits per heavy atom. The summed E-state index contributed by atoms with van der Waals surface area (Å²) in [5.74, 6) is 0.344. The summed E-state index contributed by atoms with van der Waals surface area (Å²) in [6, 6.07) is 15.3. The molecule has 8 heteroatoms. The molecule has 0 saturated carbocycles. The number of hydrogen-bond donors (Lipinski definition) is 1. The van der Waals surface area contributed by atoms with Gasteiger partial charge in [0.2, 0.25) is 0 Å². The third-order valence-corrected chi connectivity index (χ3v) is 6.14. The molecule has 29 heavy (non-hydrogen) atoms. The second-order valence-electron chi connectivity index (χ2n) is 6.58. The van der Waals surface area contributed by atoms with Crippen molar-refractivity contribution in [3.05, 3.63) is 78.1 Å². The number of ether oxygens (including phenoxy) is 1. The number of nitrogens with zero attached hydrogens (tertiary/aromatic N) is 2. The number of aromatic nitrogens is 1. The molecular formula is C21H19N3O4S. The summed E-state index contributed by atoms with van der Waals surface area (Å²) in [7, 11) is -2.31. The van der Waals surface area contributed by atoms with E-state index in [-0.39, 0.29) is 16.5 Å². The van der Waals surface area contributed by atoms with E-state index in [0.29, 0.717) is 17.9 Å². The number of rotatable bonds is 5. The smallest absolute Gasteiger partial charge is 0.261 e. The first-order valence-electron chi connectivity index (χ1n) is 8.99. The van der Waals surface area contributed by atoms with Gasteiger partial charge in [0.05, 0.1) is 29.5 Å². The van der Waals surface area contributed by atoms with E-state index in [0.717, 1.165) is 17.7 Å². The molecular weight excluding hydrogens is 390 g/mol. The van der Waals surface area contributed by atoms with Crippen molar-refractivity contribution in [1.29, 1.82) is 0 Å². The minimum atomic E-state index is -3.82. The number of pyridine rings is 1. The highest BCUT2D eigenvalue weighted by molar-refractivity contribution is 7.92. The van der Waals surface area contributed by atoms with Crippen molar-refractivity contribution in [2.24, 2.45) is 0 Å². The molecule has 1 aromatic heterocycles. The maximum atomic E-state index is 13.0. The van der Waals surface area contributed by atoms with E-state index in [2.05, 4.69) is 9.71 Å². The topological polar surface area (TPSA) is 88.6 Å². The summed E-state index contributed by atoms with van der Waals surface area (Å²) in [5, 5.41) is 0. The third kappa shape index (κ3) is 3.79. The zero-order chi connectivity index (χ0) is 20.4. The van der Waals surface area contributed by atoms with Crippen LogP contribution >= 0.6 is 0 Å². The van der Waals surface area contributed by atoms with Gasteiger partial charge in [-0.25, -0.2) is 8.42 Å². The molecule has 0 saturated heterocycles. The summed E-state index contributed by atoms with van der Waals surface area (Å²) in [4.78, 5) is 18.8. The predicted octanol–water partition coefficient (Wildman–Crippen LogP) is 3.09. The predicted molar refractivity (Wildman–Crippen MR) is 110 cm³/mol. The fraction of sp³-hybridized carbons (Fsp3) is 0.143. The van der Waals surface area contributed by atoms with Crippen LogP contribution in [0.2, 0.25) is 0 Å². The van der Waals surface area contributed by atoms with Crippen molar-refractivity contribution in [2.75, 3.05) is 23.3 Å². The molecule has 3 aromatic rings. The number of amides is 1. The van der Waals surface area contributed by atoms with E-state index < -0.39 is 10.0 Å². The highest BCUT2D eigenvalue weighted by Gasteiger charge is 2.25. The Bertz CT molecular complexity index is 1160. The second kappa shape index (κ2) is 7.56. The molecule has 0 atom stereocenters. The van der Waals surface area contributed by atoms with Gasteiger partial charge in [-0.3, -0.25) is 14.5 Å². The van der Waals surface area contributed by atoms with Gasteiger partial charge in [-0.2, -0.15) is 0 Å². The summed E-state index contributed by atoms with van der Waals surface area (Å²) in [5.41, 5.74) is 2.53. The van der Waals surface area contributed by atoms with Crippen LogP contribution in [0.25, 0.3) is 0 Å². The lowest BCUT2D eigenvalue weighted by molar-refractivity contribution is 0.0989.